The first-order valence-corrected chi connectivity index (χ1v) is 8.05. The van der Waals surface area contributed by atoms with E-state index in [1.54, 1.807) is 13.1 Å². The Bertz CT molecular complexity index is 637. The Morgan fingerprint density at radius 3 is 2.91 bits per heavy atom. The molecule has 7 nitrogen and oxygen atoms in total. The van der Waals surface area contributed by atoms with Crippen LogP contribution in [0.5, 0.6) is 0 Å². The van der Waals surface area contributed by atoms with Crippen LogP contribution >= 0.6 is 11.8 Å². The van der Waals surface area contributed by atoms with Crippen LogP contribution in [0, 0.1) is 0 Å². The highest BCUT2D eigenvalue weighted by Gasteiger charge is 2.13. The summed E-state index contributed by atoms with van der Waals surface area (Å²) in [5, 5.41) is 7.55. The minimum absolute atomic E-state index is 0.105. The first-order chi connectivity index (χ1) is 10.7. The predicted molar refractivity (Wildman–Crippen MR) is 84.1 cm³/mol. The smallest absolute Gasteiger partial charge is 0.209 e. The third-order valence-electron chi connectivity index (χ3n) is 3.23. The number of hydrogen-bond acceptors (Lipinski definition) is 7. The maximum atomic E-state index is 11.0. The minimum atomic E-state index is 0.105. The SMILES string of the molecule is CC(=O)CSc1n[nH]c(-c2ccc(N3CCOCC3)nc2)n1. The molecule has 0 bridgehead atoms. The largest absolute Gasteiger partial charge is 0.378 e. The van der Waals surface area contributed by atoms with Crippen LogP contribution in [-0.2, 0) is 9.53 Å². The number of thioether (sulfide) groups is 1. The first-order valence-electron chi connectivity index (χ1n) is 7.06. The highest BCUT2D eigenvalue weighted by Crippen LogP contribution is 2.21. The lowest BCUT2D eigenvalue weighted by atomic mass is 10.2. The van der Waals surface area contributed by atoms with Crippen LogP contribution in [0.3, 0.4) is 0 Å². The van der Waals surface area contributed by atoms with E-state index in [9.17, 15) is 4.79 Å². The Balaban J connectivity index is 1.68. The number of rotatable bonds is 5. The van der Waals surface area contributed by atoms with E-state index in [-0.39, 0.29) is 5.78 Å². The predicted octanol–water partition coefficient (Wildman–Crippen LogP) is 1.38. The Labute approximate surface area is 132 Å². The molecule has 1 aliphatic heterocycles. The van der Waals surface area contributed by atoms with Gasteiger partial charge in [0.1, 0.15) is 11.6 Å². The van der Waals surface area contributed by atoms with Crippen molar-refractivity contribution >= 4 is 23.4 Å². The lowest BCUT2D eigenvalue weighted by Gasteiger charge is -2.27. The molecule has 22 heavy (non-hydrogen) atoms. The van der Waals surface area contributed by atoms with Gasteiger partial charge in [-0.25, -0.2) is 9.97 Å². The zero-order valence-corrected chi connectivity index (χ0v) is 13.1. The van der Waals surface area contributed by atoms with E-state index >= 15 is 0 Å². The van der Waals surface area contributed by atoms with Gasteiger partial charge in [-0.2, -0.15) is 0 Å². The van der Waals surface area contributed by atoms with Crippen molar-refractivity contribution in [3.05, 3.63) is 18.3 Å². The molecule has 0 aromatic carbocycles. The number of ether oxygens (including phenoxy) is 1. The number of morpholine rings is 1. The average molecular weight is 319 g/mol. The van der Waals surface area contributed by atoms with Gasteiger partial charge in [-0.05, 0) is 19.1 Å². The van der Waals surface area contributed by atoms with Crippen molar-refractivity contribution in [2.45, 2.75) is 12.1 Å². The molecular weight excluding hydrogens is 302 g/mol. The summed E-state index contributed by atoms with van der Waals surface area (Å²) in [6, 6.07) is 3.95. The van der Waals surface area contributed by atoms with E-state index < -0.39 is 0 Å². The number of pyridine rings is 1. The summed E-state index contributed by atoms with van der Waals surface area (Å²) in [6.45, 7) is 4.75. The molecule has 3 rings (SSSR count). The lowest BCUT2D eigenvalue weighted by Crippen LogP contribution is -2.36. The van der Waals surface area contributed by atoms with E-state index in [2.05, 4.69) is 25.1 Å². The number of Topliss-reactive ketones (excluding diaryl/α,β-unsaturated/α-hetero) is 1. The van der Waals surface area contributed by atoms with E-state index in [4.69, 9.17) is 4.74 Å². The van der Waals surface area contributed by atoms with Crippen molar-refractivity contribution < 1.29 is 9.53 Å². The second-order valence-corrected chi connectivity index (χ2v) is 5.90. The van der Waals surface area contributed by atoms with Gasteiger partial charge in [-0.3, -0.25) is 9.89 Å². The molecule has 2 aromatic rings. The number of aromatic nitrogens is 4. The fourth-order valence-corrected chi connectivity index (χ4v) is 2.71. The molecule has 0 amide bonds. The molecule has 1 saturated heterocycles. The Morgan fingerprint density at radius 2 is 2.23 bits per heavy atom. The number of hydrogen-bond donors (Lipinski definition) is 1. The number of nitrogens with one attached hydrogen (secondary N) is 1. The van der Waals surface area contributed by atoms with Gasteiger partial charge < -0.3 is 9.64 Å². The summed E-state index contributed by atoms with van der Waals surface area (Å²) in [5.41, 5.74) is 0.874. The summed E-state index contributed by atoms with van der Waals surface area (Å²) in [4.78, 5) is 22.0. The Hall–Kier alpha value is -1.93. The zero-order chi connectivity index (χ0) is 15.4. The van der Waals surface area contributed by atoms with Crippen LogP contribution in [0.1, 0.15) is 6.92 Å². The molecule has 3 heterocycles. The highest BCUT2D eigenvalue weighted by atomic mass is 32.2. The Kier molecular flexibility index (Phi) is 4.69. The first kappa shape index (κ1) is 15.0. The van der Waals surface area contributed by atoms with Gasteiger partial charge in [-0.15, -0.1) is 5.10 Å². The van der Waals surface area contributed by atoms with Crippen LogP contribution in [0.25, 0.3) is 11.4 Å². The molecule has 0 aliphatic carbocycles. The number of nitrogens with zero attached hydrogens (tertiary/aromatic N) is 4. The van der Waals surface area contributed by atoms with E-state index in [0.29, 0.717) is 16.7 Å². The molecule has 1 aliphatic rings. The van der Waals surface area contributed by atoms with Gasteiger partial charge in [0, 0.05) is 24.8 Å². The summed E-state index contributed by atoms with van der Waals surface area (Å²) in [6.07, 6.45) is 1.78. The van der Waals surface area contributed by atoms with Crippen molar-refractivity contribution in [3.8, 4) is 11.4 Å². The number of ketones is 1. The van der Waals surface area contributed by atoms with Gasteiger partial charge in [0.15, 0.2) is 5.82 Å². The van der Waals surface area contributed by atoms with Crippen LogP contribution in [0.2, 0.25) is 0 Å². The quantitative estimate of drug-likeness (QED) is 0.834. The summed E-state index contributed by atoms with van der Waals surface area (Å²) in [5.74, 6) is 2.09. The lowest BCUT2D eigenvalue weighted by molar-refractivity contribution is -0.114. The second kappa shape index (κ2) is 6.89. The zero-order valence-electron chi connectivity index (χ0n) is 12.3. The average Bonchev–Trinajstić information content (AvgIpc) is 3.03. The van der Waals surface area contributed by atoms with E-state index in [0.717, 1.165) is 37.7 Å². The molecule has 1 fully saturated rings. The van der Waals surface area contributed by atoms with Gasteiger partial charge in [0.2, 0.25) is 5.16 Å². The second-order valence-electron chi connectivity index (χ2n) is 4.96. The molecule has 0 radical (unpaired) electrons. The number of aromatic amines is 1. The monoisotopic (exact) mass is 319 g/mol. The van der Waals surface area contributed by atoms with Crippen LogP contribution in [0.15, 0.2) is 23.5 Å². The minimum Gasteiger partial charge on any atom is -0.378 e. The van der Waals surface area contributed by atoms with Crippen molar-refractivity contribution in [3.63, 3.8) is 0 Å². The third-order valence-corrected chi connectivity index (χ3v) is 4.22. The molecule has 1 N–H and O–H groups in total. The van der Waals surface area contributed by atoms with Crippen molar-refractivity contribution in [2.75, 3.05) is 37.0 Å². The van der Waals surface area contributed by atoms with Crippen molar-refractivity contribution in [2.24, 2.45) is 0 Å². The summed E-state index contributed by atoms with van der Waals surface area (Å²) >= 11 is 1.32. The normalized spacial score (nSPS) is 15.0. The maximum Gasteiger partial charge on any atom is 0.209 e. The molecule has 116 valence electrons. The maximum absolute atomic E-state index is 11.0. The fraction of sp³-hybridized carbons (Fsp3) is 0.429. The van der Waals surface area contributed by atoms with Crippen molar-refractivity contribution in [1.29, 1.82) is 0 Å². The fourth-order valence-electron chi connectivity index (χ4n) is 2.11. The van der Waals surface area contributed by atoms with Crippen LogP contribution < -0.4 is 4.90 Å². The molecule has 0 spiro atoms. The summed E-state index contributed by atoms with van der Waals surface area (Å²) in [7, 11) is 0. The molecule has 0 atom stereocenters. The van der Waals surface area contributed by atoms with E-state index in [1.165, 1.54) is 11.8 Å². The number of carbonyl (C=O) groups excluding carboxylic acids is 1. The topological polar surface area (TPSA) is 84.0 Å². The molecule has 8 heteroatoms. The van der Waals surface area contributed by atoms with E-state index in [1.807, 2.05) is 12.1 Å². The number of carbonyl (C=O) groups is 1. The molecule has 0 saturated carbocycles. The van der Waals surface area contributed by atoms with Gasteiger partial charge in [-0.1, -0.05) is 11.8 Å². The number of anilines is 1. The third kappa shape index (κ3) is 3.63. The molecule has 2 aromatic heterocycles. The van der Waals surface area contributed by atoms with Crippen LogP contribution in [-0.4, -0.2) is 58.0 Å². The highest BCUT2D eigenvalue weighted by molar-refractivity contribution is 7.99. The van der Waals surface area contributed by atoms with Gasteiger partial charge in [0.05, 0.1) is 19.0 Å². The van der Waals surface area contributed by atoms with Gasteiger partial charge >= 0.3 is 0 Å². The standard InChI is InChI=1S/C14H17N5O2S/c1-10(20)9-22-14-16-13(17-18-14)11-2-3-12(15-8-11)19-4-6-21-7-5-19/h2-3,8H,4-7,9H2,1H3,(H,16,17,18). The molecule has 0 unspecified atom stereocenters. The Morgan fingerprint density at radius 1 is 1.41 bits per heavy atom. The van der Waals surface area contributed by atoms with Crippen LogP contribution in [0.4, 0.5) is 5.82 Å². The summed E-state index contributed by atoms with van der Waals surface area (Å²) < 4.78 is 5.34. The van der Waals surface area contributed by atoms with Gasteiger partial charge in [0.25, 0.3) is 0 Å². The number of H-pyrrole nitrogens is 1. The molecular formula is C14H17N5O2S. The van der Waals surface area contributed by atoms with Crippen molar-refractivity contribution in [1.82, 2.24) is 20.2 Å².